The quantitative estimate of drug-likeness (QED) is 0.712. The number of methoxy groups -OCH3 is 1. The molecular formula is C7H11N3O2S. The number of hydrogen-bond donors (Lipinski definition) is 2. The molecule has 0 aromatic carbocycles. The molecule has 0 saturated heterocycles. The Morgan fingerprint density at radius 3 is 3.00 bits per heavy atom. The Labute approximate surface area is 79.9 Å². The maximum atomic E-state index is 11.1. The number of nitrogens with zero attached hydrogens (tertiary/aromatic N) is 1. The summed E-state index contributed by atoms with van der Waals surface area (Å²) in [4.78, 5) is 15.4. The molecule has 0 spiro atoms. The van der Waals surface area contributed by atoms with Crippen LogP contribution in [0.15, 0.2) is 0 Å². The van der Waals surface area contributed by atoms with Gasteiger partial charge in [-0.05, 0) is 6.92 Å². The number of anilines is 2. The van der Waals surface area contributed by atoms with E-state index in [4.69, 9.17) is 5.73 Å². The van der Waals surface area contributed by atoms with Crippen LogP contribution in [0.3, 0.4) is 0 Å². The molecule has 0 unspecified atom stereocenters. The molecule has 0 aliphatic rings. The second-order valence-electron chi connectivity index (χ2n) is 2.26. The summed E-state index contributed by atoms with van der Waals surface area (Å²) < 4.78 is 4.53. The first-order chi connectivity index (χ1) is 6.19. The first-order valence-corrected chi connectivity index (χ1v) is 4.59. The minimum Gasteiger partial charge on any atom is -0.465 e. The highest BCUT2D eigenvalue weighted by atomic mass is 32.1. The molecule has 5 nitrogen and oxygen atoms in total. The fourth-order valence-electron chi connectivity index (χ4n) is 0.798. The lowest BCUT2D eigenvalue weighted by Gasteiger charge is -1.93. The molecule has 0 bridgehead atoms. The SMILES string of the molecule is CCNc1nc(N)c(C(=O)OC)s1. The van der Waals surface area contributed by atoms with Gasteiger partial charge in [-0.25, -0.2) is 9.78 Å². The van der Waals surface area contributed by atoms with Gasteiger partial charge in [0.05, 0.1) is 7.11 Å². The van der Waals surface area contributed by atoms with Gasteiger partial charge in [0.25, 0.3) is 0 Å². The summed E-state index contributed by atoms with van der Waals surface area (Å²) in [6.45, 7) is 2.68. The average Bonchev–Trinajstić information content (AvgIpc) is 2.46. The summed E-state index contributed by atoms with van der Waals surface area (Å²) in [5.74, 6) is -0.230. The van der Waals surface area contributed by atoms with Gasteiger partial charge in [-0.1, -0.05) is 11.3 Å². The van der Waals surface area contributed by atoms with E-state index in [2.05, 4.69) is 15.0 Å². The predicted molar refractivity (Wildman–Crippen MR) is 52.0 cm³/mol. The van der Waals surface area contributed by atoms with E-state index in [0.717, 1.165) is 6.54 Å². The highest BCUT2D eigenvalue weighted by Gasteiger charge is 2.15. The van der Waals surface area contributed by atoms with E-state index in [1.165, 1.54) is 18.4 Å². The first kappa shape index (κ1) is 9.79. The van der Waals surface area contributed by atoms with Gasteiger partial charge in [0.2, 0.25) is 0 Å². The van der Waals surface area contributed by atoms with Crippen molar-refractivity contribution < 1.29 is 9.53 Å². The third kappa shape index (κ3) is 2.09. The van der Waals surface area contributed by atoms with Gasteiger partial charge < -0.3 is 15.8 Å². The molecule has 0 radical (unpaired) electrons. The van der Waals surface area contributed by atoms with E-state index in [1.807, 2.05) is 6.92 Å². The Balaban J connectivity index is 2.89. The number of nitrogens with two attached hydrogens (primary N) is 1. The molecular weight excluding hydrogens is 190 g/mol. The van der Waals surface area contributed by atoms with Crippen LogP contribution >= 0.6 is 11.3 Å². The average molecular weight is 201 g/mol. The Morgan fingerprint density at radius 1 is 1.77 bits per heavy atom. The number of carbonyl (C=O) groups is 1. The van der Waals surface area contributed by atoms with Crippen LogP contribution in [-0.4, -0.2) is 24.6 Å². The minimum atomic E-state index is -0.445. The van der Waals surface area contributed by atoms with Crippen molar-refractivity contribution >= 4 is 28.3 Å². The largest absolute Gasteiger partial charge is 0.465 e. The van der Waals surface area contributed by atoms with Crippen LogP contribution in [-0.2, 0) is 4.74 Å². The van der Waals surface area contributed by atoms with Crippen LogP contribution in [0.2, 0.25) is 0 Å². The van der Waals surface area contributed by atoms with Gasteiger partial charge in [0.15, 0.2) is 15.8 Å². The molecule has 72 valence electrons. The predicted octanol–water partition coefficient (Wildman–Crippen LogP) is 0.944. The number of rotatable bonds is 3. The number of ether oxygens (including phenoxy) is 1. The lowest BCUT2D eigenvalue weighted by Crippen LogP contribution is -2.01. The van der Waals surface area contributed by atoms with Crippen LogP contribution in [0, 0.1) is 0 Å². The summed E-state index contributed by atoms with van der Waals surface area (Å²) in [6, 6.07) is 0. The summed E-state index contributed by atoms with van der Waals surface area (Å²) in [7, 11) is 1.31. The number of esters is 1. The molecule has 1 aromatic rings. The summed E-state index contributed by atoms with van der Waals surface area (Å²) in [5, 5.41) is 3.61. The van der Waals surface area contributed by atoms with Crippen LogP contribution in [0.1, 0.15) is 16.6 Å². The van der Waals surface area contributed by atoms with E-state index < -0.39 is 5.97 Å². The highest BCUT2D eigenvalue weighted by molar-refractivity contribution is 7.17. The third-order valence-corrected chi connectivity index (χ3v) is 2.36. The Hall–Kier alpha value is -1.30. The molecule has 0 atom stereocenters. The fourth-order valence-corrected chi connectivity index (χ4v) is 1.67. The van der Waals surface area contributed by atoms with Gasteiger partial charge in [-0.2, -0.15) is 0 Å². The molecule has 1 aromatic heterocycles. The van der Waals surface area contributed by atoms with Crippen molar-refractivity contribution in [2.45, 2.75) is 6.92 Å². The van der Waals surface area contributed by atoms with Crippen LogP contribution < -0.4 is 11.1 Å². The summed E-state index contributed by atoms with van der Waals surface area (Å²) in [5.41, 5.74) is 5.51. The van der Waals surface area contributed by atoms with Gasteiger partial charge in [-0.15, -0.1) is 0 Å². The normalized spacial score (nSPS) is 9.69. The van der Waals surface area contributed by atoms with E-state index in [9.17, 15) is 4.79 Å². The molecule has 6 heteroatoms. The molecule has 3 N–H and O–H groups in total. The van der Waals surface area contributed by atoms with Crippen molar-refractivity contribution in [3.05, 3.63) is 4.88 Å². The number of aromatic nitrogens is 1. The maximum Gasteiger partial charge on any atom is 0.351 e. The second-order valence-corrected chi connectivity index (χ2v) is 3.25. The van der Waals surface area contributed by atoms with Crippen molar-refractivity contribution in [1.29, 1.82) is 0 Å². The fraction of sp³-hybridized carbons (Fsp3) is 0.429. The lowest BCUT2D eigenvalue weighted by atomic mass is 10.5. The van der Waals surface area contributed by atoms with Gasteiger partial charge in [0.1, 0.15) is 0 Å². The van der Waals surface area contributed by atoms with Crippen molar-refractivity contribution in [2.75, 3.05) is 24.7 Å². The molecule has 13 heavy (non-hydrogen) atoms. The van der Waals surface area contributed by atoms with Gasteiger partial charge in [-0.3, -0.25) is 0 Å². The van der Waals surface area contributed by atoms with Crippen LogP contribution in [0.25, 0.3) is 0 Å². The Kier molecular flexibility index (Phi) is 3.07. The molecule has 0 aliphatic carbocycles. The van der Waals surface area contributed by atoms with E-state index in [1.54, 1.807) is 0 Å². The standard InChI is InChI=1S/C7H11N3O2S/c1-3-9-7-10-5(8)4(13-7)6(11)12-2/h3,8H2,1-2H3,(H,9,10). The minimum absolute atomic E-state index is 0.216. The zero-order valence-corrected chi connectivity index (χ0v) is 8.27. The molecule has 0 fully saturated rings. The zero-order valence-electron chi connectivity index (χ0n) is 7.46. The number of thiazole rings is 1. The number of carbonyl (C=O) groups excluding carboxylic acids is 1. The number of nitrogen functional groups attached to an aromatic ring is 1. The topological polar surface area (TPSA) is 77.2 Å². The maximum absolute atomic E-state index is 11.1. The van der Waals surface area contributed by atoms with Crippen molar-refractivity contribution in [3.8, 4) is 0 Å². The van der Waals surface area contributed by atoms with Crippen LogP contribution in [0.5, 0.6) is 0 Å². The van der Waals surface area contributed by atoms with Gasteiger partial charge >= 0.3 is 5.97 Å². The van der Waals surface area contributed by atoms with Crippen molar-refractivity contribution in [1.82, 2.24) is 4.98 Å². The van der Waals surface area contributed by atoms with E-state index in [0.29, 0.717) is 10.0 Å². The molecule has 0 saturated carbocycles. The number of nitrogens with one attached hydrogen (secondary N) is 1. The molecule has 1 rings (SSSR count). The Morgan fingerprint density at radius 2 is 2.46 bits per heavy atom. The van der Waals surface area contributed by atoms with Crippen molar-refractivity contribution in [2.24, 2.45) is 0 Å². The Bertz CT molecular complexity index is 311. The molecule has 0 aliphatic heterocycles. The van der Waals surface area contributed by atoms with Crippen LogP contribution in [0.4, 0.5) is 10.9 Å². The van der Waals surface area contributed by atoms with E-state index in [-0.39, 0.29) is 5.82 Å². The van der Waals surface area contributed by atoms with Gasteiger partial charge in [0, 0.05) is 6.54 Å². The van der Waals surface area contributed by atoms with E-state index >= 15 is 0 Å². The first-order valence-electron chi connectivity index (χ1n) is 3.77. The second kappa shape index (κ2) is 4.08. The zero-order chi connectivity index (χ0) is 9.84. The summed E-state index contributed by atoms with van der Waals surface area (Å²) in [6.07, 6.45) is 0. The van der Waals surface area contributed by atoms with Crippen molar-refractivity contribution in [3.63, 3.8) is 0 Å². The smallest absolute Gasteiger partial charge is 0.351 e. The highest BCUT2D eigenvalue weighted by Crippen LogP contribution is 2.25. The third-order valence-electron chi connectivity index (χ3n) is 1.35. The summed E-state index contributed by atoms with van der Waals surface area (Å²) >= 11 is 1.19. The lowest BCUT2D eigenvalue weighted by molar-refractivity contribution is 0.0607. The molecule has 0 amide bonds. The monoisotopic (exact) mass is 201 g/mol. The number of hydrogen-bond acceptors (Lipinski definition) is 6. The molecule has 1 heterocycles.